The lowest BCUT2D eigenvalue weighted by molar-refractivity contribution is -0.467. The molecule has 0 aromatic heterocycles. The molecule has 0 aliphatic heterocycles. The van der Waals surface area contributed by atoms with Gasteiger partial charge in [0.15, 0.2) is 0 Å². The SMILES string of the molecule is COC=[N+](C)C.F[B-](F)(F)F. The molecule has 0 aliphatic rings. The van der Waals surface area contributed by atoms with Crippen LogP contribution in [0.5, 0.6) is 0 Å². The van der Waals surface area contributed by atoms with Crippen molar-refractivity contribution in [3.63, 3.8) is 0 Å². The topological polar surface area (TPSA) is 12.2 Å². The molecule has 0 fully saturated rings. The van der Waals surface area contributed by atoms with Gasteiger partial charge in [-0.1, -0.05) is 0 Å². The Bertz CT molecular complexity index is 114. The smallest absolute Gasteiger partial charge is 0.454 e. The molecule has 0 aromatic carbocycles. The summed E-state index contributed by atoms with van der Waals surface area (Å²) in [7, 11) is -0.562. The highest BCUT2D eigenvalue weighted by molar-refractivity contribution is 6.50. The van der Waals surface area contributed by atoms with E-state index in [1.165, 1.54) is 0 Å². The lowest BCUT2D eigenvalue weighted by Crippen LogP contribution is -2.02. The standard InChI is InChI=1S/C4H10NO.BF4/c1-5(2)4-6-3;2-1(3,4)5/h4H,1-3H3;/q+1;-1. The third-order valence-electron chi connectivity index (χ3n) is 0.316. The van der Waals surface area contributed by atoms with Crippen LogP contribution in [0.4, 0.5) is 17.3 Å². The van der Waals surface area contributed by atoms with Crippen molar-refractivity contribution in [2.24, 2.45) is 0 Å². The summed E-state index contributed by atoms with van der Waals surface area (Å²) in [5.41, 5.74) is 0. The van der Waals surface area contributed by atoms with Crippen LogP contribution in [0.1, 0.15) is 0 Å². The summed E-state index contributed by atoms with van der Waals surface area (Å²) in [6.07, 6.45) is 1.62. The number of methoxy groups -OCH3 is 1. The molecular weight excluding hydrogens is 165 g/mol. The summed E-state index contributed by atoms with van der Waals surface area (Å²) in [5.74, 6) is 0. The van der Waals surface area contributed by atoms with E-state index < -0.39 is 7.25 Å². The first-order chi connectivity index (χ1) is 4.77. The maximum absolute atomic E-state index is 9.75. The molecule has 0 bridgehead atoms. The van der Waals surface area contributed by atoms with Gasteiger partial charge in [-0.2, -0.15) is 0 Å². The van der Waals surface area contributed by atoms with E-state index >= 15 is 0 Å². The molecule has 0 amide bonds. The molecule has 0 spiro atoms. The molecule has 0 aliphatic carbocycles. The molecule has 0 saturated heterocycles. The Hall–Kier alpha value is -0.745. The zero-order valence-electron chi connectivity index (χ0n) is 6.52. The Balaban J connectivity index is 0. The first kappa shape index (κ1) is 12.9. The zero-order valence-corrected chi connectivity index (χ0v) is 6.52. The normalized spacial score (nSPS) is 9.36. The Kier molecular flexibility index (Phi) is 7.03. The molecule has 0 rings (SSSR count). The minimum atomic E-state index is -6.00. The van der Waals surface area contributed by atoms with Gasteiger partial charge in [0, 0.05) is 0 Å². The van der Waals surface area contributed by atoms with Gasteiger partial charge in [-0.05, 0) is 0 Å². The van der Waals surface area contributed by atoms with E-state index in [-0.39, 0.29) is 0 Å². The summed E-state index contributed by atoms with van der Waals surface area (Å²) in [4.78, 5) is 0. The van der Waals surface area contributed by atoms with Crippen molar-refractivity contribution in [2.75, 3.05) is 21.2 Å². The fraction of sp³-hybridized carbons (Fsp3) is 0.750. The molecule has 2 nitrogen and oxygen atoms in total. The highest BCUT2D eigenvalue weighted by atomic mass is 19.5. The van der Waals surface area contributed by atoms with Crippen LogP contribution in [0.15, 0.2) is 0 Å². The van der Waals surface area contributed by atoms with Crippen molar-refractivity contribution in [1.82, 2.24) is 0 Å². The van der Waals surface area contributed by atoms with Crippen LogP contribution < -0.4 is 0 Å². The van der Waals surface area contributed by atoms with Gasteiger partial charge in [0.05, 0.1) is 7.11 Å². The van der Waals surface area contributed by atoms with Gasteiger partial charge in [-0.3, -0.25) is 0 Å². The van der Waals surface area contributed by atoms with Crippen LogP contribution in [-0.4, -0.2) is 39.4 Å². The Morgan fingerprint density at radius 3 is 1.45 bits per heavy atom. The maximum atomic E-state index is 9.75. The quantitative estimate of drug-likeness (QED) is 0.192. The third-order valence-corrected chi connectivity index (χ3v) is 0.316. The maximum Gasteiger partial charge on any atom is 0.673 e. The van der Waals surface area contributed by atoms with Crippen molar-refractivity contribution < 1.29 is 26.6 Å². The van der Waals surface area contributed by atoms with E-state index in [1.54, 1.807) is 13.5 Å². The van der Waals surface area contributed by atoms with E-state index in [1.807, 2.05) is 18.7 Å². The second-order valence-electron chi connectivity index (χ2n) is 1.80. The van der Waals surface area contributed by atoms with Gasteiger partial charge >= 0.3 is 13.7 Å². The van der Waals surface area contributed by atoms with Crippen LogP contribution in [0.2, 0.25) is 0 Å². The summed E-state index contributed by atoms with van der Waals surface area (Å²) < 4.78 is 45.4. The minimum Gasteiger partial charge on any atom is -0.454 e. The molecule has 7 heteroatoms. The molecule has 11 heavy (non-hydrogen) atoms. The molecule has 0 atom stereocenters. The van der Waals surface area contributed by atoms with Crippen LogP contribution in [-0.2, 0) is 4.74 Å². The number of hydrogen-bond acceptors (Lipinski definition) is 1. The number of rotatable bonds is 1. The average molecular weight is 175 g/mol. The predicted molar refractivity (Wildman–Crippen MR) is 35.4 cm³/mol. The van der Waals surface area contributed by atoms with E-state index in [0.717, 1.165) is 0 Å². The van der Waals surface area contributed by atoms with Crippen molar-refractivity contribution >= 4 is 13.7 Å². The van der Waals surface area contributed by atoms with Crippen molar-refractivity contribution in [2.45, 2.75) is 0 Å². The van der Waals surface area contributed by atoms with Crippen LogP contribution in [0, 0.1) is 0 Å². The highest BCUT2D eigenvalue weighted by Gasteiger charge is 2.20. The number of nitrogens with zero attached hydrogens (tertiary/aromatic N) is 1. The summed E-state index contributed by atoms with van der Waals surface area (Å²) >= 11 is 0. The molecule has 0 aromatic rings. The van der Waals surface area contributed by atoms with Gasteiger partial charge < -0.3 is 22.0 Å². The Morgan fingerprint density at radius 1 is 1.18 bits per heavy atom. The van der Waals surface area contributed by atoms with Gasteiger partial charge in [-0.15, -0.1) is 0 Å². The van der Waals surface area contributed by atoms with Gasteiger partial charge in [0.25, 0.3) is 0 Å². The lowest BCUT2D eigenvalue weighted by atomic mass is 10.3. The van der Waals surface area contributed by atoms with Gasteiger partial charge in [-0.25, -0.2) is 4.58 Å². The minimum absolute atomic E-state index is 1.62. The van der Waals surface area contributed by atoms with E-state index in [0.29, 0.717) is 0 Å². The first-order valence-electron chi connectivity index (χ1n) is 2.67. The Morgan fingerprint density at radius 2 is 1.45 bits per heavy atom. The highest BCUT2D eigenvalue weighted by Crippen LogP contribution is 2.06. The largest absolute Gasteiger partial charge is 0.673 e. The fourth-order valence-electron chi connectivity index (χ4n) is 0.211. The van der Waals surface area contributed by atoms with Gasteiger partial charge in [0.1, 0.15) is 14.1 Å². The van der Waals surface area contributed by atoms with Crippen LogP contribution >= 0.6 is 0 Å². The van der Waals surface area contributed by atoms with Crippen LogP contribution in [0.3, 0.4) is 0 Å². The molecule has 0 radical (unpaired) electrons. The van der Waals surface area contributed by atoms with E-state index in [2.05, 4.69) is 4.74 Å². The summed E-state index contributed by atoms with van der Waals surface area (Å²) in [6, 6.07) is 0. The summed E-state index contributed by atoms with van der Waals surface area (Å²) in [6.45, 7) is 0. The first-order valence-corrected chi connectivity index (χ1v) is 2.67. The number of ether oxygens (including phenoxy) is 1. The molecular formula is C4H10BF4NO. The Labute approximate surface area is 62.6 Å². The second kappa shape index (κ2) is 6.00. The zero-order chi connectivity index (χ0) is 9.49. The van der Waals surface area contributed by atoms with Crippen molar-refractivity contribution in [3.05, 3.63) is 0 Å². The van der Waals surface area contributed by atoms with Crippen molar-refractivity contribution in [1.29, 1.82) is 0 Å². The number of hydrogen-bond donors (Lipinski definition) is 0. The molecule has 0 heterocycles. The van der Waals surface area contributed by atoms with E-state index in [9.17, 15) is 17.3 Å². The molecule has 0 N–H and O–H groups in total. The monoisotopic (exact) mass is 175 g/mol. The number of halogens is 4. The second-order valence-corrected chi connectivity index (χ2v) is 1.80. The van der Waals surface area contributed by atoms with Crippen LogP contribution in [0.25, 0.3) is 0 Å². The third kappa shape index (κ3) is 95.8. The van der Waals surface area contributed by atoms with E-state index in [4.69, 9.17) is 0 Å². The molecule has 0 unspecified atom stereocenters. The lowest BCUT2D eigenvalue weighted by Gasteiger charge is -1.94. The fourth-order valence-corrected chi connectivity index (χ4v) is 0.211. The summed E-state index contributed by atoms with van der Waals surface area (Å²) in [5, 5.41) is 0. The molecule has 0 saturated carbocycles. The predicted octanol–water partition coefficient (Wildman–Crippen LogP) is 1.23. The van der Waals surface area contributed by atoms with Crippen molar-refractivity contribution in [3.8, 4) is 0 Å². The molecule has 68 valence electrons. The average Bonchev–Trinajstić information content (AvgIpc) is 1.58. The van der Waals surface area contributed by atoms with Gasteiger partial charge in [0.2, 0.25) is 0 Å².